The van der Waals surface area contributed by atoms with Gasteiger partial charge in [0.15, 0.2) is 11.6 Å². The minimum atomic E-state index is -0.199. The zero-order valence-electron chi connectivity index (χ0n) is 11.3. The largest absolute Gasteiger partial charge is 0.292 e. The van der Waals surface area contributed by atoms with Gasteiger partial charge in [-0.2, -0.15) is 0 Å². The first-order valence-corrected chi connectivity index (χ1v) is 7.34. The van der Waals surface area contributed by atoms with Crippen molar-refractivity contribution in [3.05, 3.63) is 51.9 Å². The van der Waals surface area contributed by atoms with Gasteiger partial charge in [0.25, 0.3) is 0 Å². The summed E-state index contributed by atoms with van der Waals surface area (Å²) >= 11 is 9.12. The second-order valence-electron chi connectivity index (χ2n) is 4.11. The molecule has 0 atom stereocenters. The van der Waals surface area contributed by atoms with Crippen molar-refractivity contribution in [3.63, 3.8) is 0 Å². The molecule has 0 spiro atoms. The van der Waals surface area contributed by atoms with Gasteiger partial charge >= 0.3 is 0 Å². The van der Waals surface area contributed by atoms with Crippen molar-refractivity contribution in [2.45, 2.75) is 26.7 Å². The predicted octanol–water partition coefficient (Wildman–Crippen LogP) is 4.83. The summed E-state index contributed by atoms with van der Waals surface area (Å²) in [4.78, 5) is 31.5. The smallest absolute Gasteiger partial charge is 0.182 e. The molecule has 1 heterocycles. The Morgan fingerprint density at radius 3 is 2.64 bits per heavy atom. The summed E-state index contributed by atoms with van der Waals surface area (Å²) in [6.45, 7) is 6.83. The topological polar surface area (TPSA) is 59.4 Å². The van der Waals surface area contributed by atoms with Crippen LogP contribution in [0.25, 0.3) is 0 Å². The maximum atomic E-state index is 12.0. The Morgan fingerprint density at radius 1 is 1.36 bits per heavy atom. The maximum absolute atomic E-state index is 12.0. The number of nitrogens with zero attached hydrogens (tertiary/aromatic N) is 2. The highest BCUT2D eigenvalue weighted by Crippen LogP contribution is 2.19. The third kappa shape index (κ3) is 6.03. The van der Waals surface area contributed by atoms with E-state index in [0.717, 1.165) is 0 Å². The van der Waals surface area contributed by atoms with E-state index >= 15 is 0 Å². The molecule has 0 unspecified atom stereocenters. The van der Waals surface area contributed by atoms with Gasteiger partial charge in [-0.25, -0.2) is 4.98 Å². The predicted molar refractivity (Wildman–Crippen MR) is 94.7 cm³/mol. The van der Waals surface area contributed by atoms with Gasteiger partial charge in [0, 0.05) is 12.8 Å². The fraction of sp³-hybridized carbons (Fsp3) is 0.250. The SMILES string of the molecule is C.C=C/C=C(\N=C)C(=O)CCCC(=O)c1nc(Br)ccc1Cl. The van der Waals surface area contributed by atoms with Crippen LogP contribution >= 0.6 is 27.5 Å². The fourth-order valence-corrected chi connectivity index (χ4v) is 2.14. The lowest BCUT2D eigenvalue weighted by atomic mass is 10.1. The van der Waals surface area contributed by atoms with E-state index in [1.54, 1.807) is 12.1 Å². The number of allylic oxidation sites excluding steroid dienone is 3. The molecular weight excluding hydrogens is 368 g/mol. The number of hydrogen-bond donors (Lipinski definition) is 0. The van der Waals surface area contributed by atoms with Crippen molar-refractivity contribution < 1.29 is 9.59 Å². The van der Waals surface area contributed by atoms with Crippen LogP contribution in [0.15, 0.2) is 46.2 Å². The second kappa shape index (κ2) is 10.2. The summed E-state index contributed by atoms with van der Waals surface area (Å²) in [6.07, 6.45) is 3.75. The first kappa shape index (κ1) is 20.4. The maximum Gasteiger partial charge on any atom is 0.182 e. The Morgan fingerprint density at radius 2 is 2.05 bits per heavy atom. The molecule has 0 amide bonds. The van der Waals surface area contributed by atoms with Gasteiger partial charge in [0.05, 0.1) is 5.02 Å². The van der Waals surface area contributed by atoms with E-state index in [9.17, 15) is 9.59 Å². The number of ketones is 2. The van der Waals surface area contributed by atoms with Crippen LogP contribution in [0.5, 0.6) is 0 Å². The van der Waals surface area contributed by atoms with E-state index in [2.05, 4.69) is 39.2 Å². The van der Waals surface area contributed by atoms with Gasteiger partial charge < -0.3 is 0 Å². The molecular formula is C16H18BrClN2O2. The molecule has 0 saturated heterocycles. The lowest BCUT2D eigenvalue weighted by Crippen LogP contribution is -2.06. The monoisotopic (exact) mass is 384 g/mol. The second-order valence-corrected chi connectivity index (χ2v) is 5.33. The van der Waals surface area contributed by atoms with Crippen molar-refractivity contribution in [2.24, 2.45) is 4.99 Å². The Kier molecular flexibility index (Phi) is 9.45. The number of aromatic nitrogens is 1. The van der Waals surface area contributed by atoms with Gasteiger partial charge in [0.1, 0.15) is 16.0 Å². The number of hydrogen-bond acceptors (Lipinski definition) is 4. The molecule has 22 heavy (non-hydrogen) atoms. The van der Waals surface area contributed by atoms with Gasteiger partial charge in [-0.15, -0.1) is 0 Å². The van der Waals surface area contributed by atoms with Crippen LogP contribution in [0.2, 0.25) is 5.02 Å². The van der Waals surface area contributed by atoms with Crippen LogP contribution in [0, 0.1) is 0 Å². The first-order chi connectivity index (χ1) is 9.99. The molecule has 6 heteroatoms. The van der Waals surface area contributed by atoms with E-state index in [1.165, 1.54) is 12.2 Å². The minimum Gasteiger partial charge on any atom is -0.292 e. The number of rotatable bonds is 8. The molecule has 0 radical (unpaired) electrons. The normalized spacial score (nSPS) is 10.5. The van der Waals surface area contributed by atoms with Crippen molar-refractivity contribution in [2.75, 3.05) is 0 Å². The number of carbonyl (C=O) groups excluding carboxylic acids is 2. The van der Waals surface area contributed by atoms with Gasteiger partial charge in [-0.1, -0.05) is 31.7 Å². The van der Waals surface area contributed by atoms with Crippen molar-refractivity contribution in [3.8, 4) is 0 Å². The third-order valence-electron chi connectivity index (χ3n) is 2.62. The lowest BCUT2D eigenvalue weighted by molar-refractivity contribution is -0.115. The van der Waals surface area contributed by atoms with E-state index in [-0.39, 0.29) is 43.2 Å². The van der Waals surface area contributed by atoms with Crippen molar-refractivity contribution in [1.82, 2.24) is 4.98 Å². The Labute approximate surface area is 144 Å². The van der Waals surface area contributed by atoms with Crippen LogP contribution < -0.4 is 0 Å². The van der Waals surface area contributed by atoms with Gasteiger partial charge in [-0.3, -0.25) is 14.6 Å². The molecule has 0 aliphatic heterocycles. The molecule has 1 rings (SSSR count). The average Bonchev–Trinajstić information content (AvgIpc) is 2.46. The van der Waals surface area contributed by atoms with E-state index < -0.39 is 0 Å². The highest BCUT2D eigenvalue weighted by molar-refractivity contribution is 9.10. The molecule has 0 fully saturated rings. The highest BCUT2D eigenvalue weighted by atomic mass is 79.9. The summed E-state index contributed by atoms with van der Waals surface area (Å²) in [5.41, 5.74) is 0.457. The number of aliphatic imine (C=N–C) groups is 1. The molecule has 118 valence electrons. The van der Waals surface area contributed by atoms with Crippen molar-refractivity contribution in [1.29, 1.82) is 0 Å². The molecule has 0 aliphatic carbocycles. The van der Waals surface area contributed by atoms with E-state index in [0.29, 0.717) is 16.0 Å². The van der Waals surface area contributed by atoms with E-state index in [4.69, 9.17) is 11.6 Å². The molecule has 0 N–H and O–H groups in total. The summed E-state index contributed by atoms with van der Waals surface area (Å²) in [5.74, 6) is -0.374. The Bertz CT molecular complexity index is 612. The van der Waals surface area contributed by atoms with Crippen LogP contribution in [-0.2, 0) is 4.79 Å². The van der Waals surface area contributed by atoms with E-state index in [1.807, 2.05) is 0 Å². The van der Waals surface area contributed by atoms with Crippen LogP contribution in [0.4, 0.5) is 0 Å². The zero-order valence-corrected chi connectivity index (χ0v) is 13.7. The highest BCUT2D eigenvalue weighted by Gasteiger charge is 2.14. The third-order valence-corrected chi connectivity index (χ3v) is 3.36. The van der Waals surface area contributed by atoms with Crippen LogP contribution in [0.1, 0.15) is 37.2 Å². The van der Waals surface area contributed by atoms with Crippen LogP contribution in [0.3, 0.4) is 0 Å². The fourth-order valence-electron chi connectivity index (χ4n) is 1.62. The number of halogens is 2. The molecule has 0 aromatic carbocycles. The number of Topliss-reactive ketones (excluding diaryl/α,β-unsaturated/α-hetero) is 2. The number of carbonyl (C=O) groups is 2. The Balaban J connectivity index is 0.00000441. The summed E-state index contributed by atoms with van der Waals surface area (Å²) in [6, 6.07) is 3.26. The minimum absolute atomic E-state index is 0. The van der Waals surface area contributed by atoms with Crippen molar-refractivity contribution >= 4 is 45.8 Å². The molecule has 0 bridgehead atoms. The summed E-state index contributed by atoms with van der Waals surface area (Å²) in [5, 5.41) is 0.300. The molecule has 1 aromatic rings. The summed E-state index contributed by atoms with van der Waals surface area (Å²) < 4.78 is 0.540. The average molecular weight is 386 g/mol. The molecule has 0 saturated carbocycles. The first-order valence-electron chi connectivity index (χ1n) is 6.17. The lowest BCUT2D eigenvalue weighted by Gasteiger charge is -2.03. The standard InChI is InChI=1S/C15H14BrClN2O2.CH4/c1-3-5-11(18-2)12(20)6-4-7-13(21)15-10(17)8-9-14(16)19-15;/h3,5,8-9H,1-2,4,6-7H2;1H4/b11-5-;. The quantitative estimate of drug-likeness (QED) is 0.212. The number of pyridine rings is 1. The van der Waals surface area contributed by atoms with Gasteiger partial charge in [0.2, 0.25) is 0 Å². The Hall–Kier alpha value is -1.59. The van der Waals surface area contributed by atoms with Crippen LogP contribution in [-0.4, -0.2) is 23.3 Å². The molecule has 0 aliphatic rings. The molecule has 1 aromatic heterocycles. The summed E-state index contributed by atoms with van der Waals surface area (Å²) in [7, 11) is 0. The molecule has 4 nitrogen and oxygen atoms in total. The zero-order chi connectivity index (χ0) is 15.8. The van der Waals surface area contributed by atoms with Gasteiger partial charge in [-0.05, 0) is 47.3 Å².